The second kappa shape index (κ2) is 4.57. The van der Waals surface area contributed by atoms with Crippen LogP contribution in [0.3, 0.4) is 0 Å². The lowest BCUT2D eigenvalue weighted by atomic mass is 9.70. The lowest BCUT2D eigenvalue weighted by Crippen LogP contribution is -2.64. The van der Waals surface area contributed by atoms with Crippen molar-refractivity contribution in [1.82, 2.24) is 4.90 Å². The molecule has 0 aromatic rings. The molecule has 5 atom stereocenters. The summed E-state index contributed by atoms with van der Waals surface area (Å²) in [4.78, 5) is 25.8. The zero-order valence-corrected chi connectivity index (χ0v) is 12.8. The highest BCUT2D eigenvalue weighted by atomic mass is 16.6. The van der Waals surface area contributed by atoms with E-state index in [0.29, 0.717) is 0 Å². The SMILES string of the molecule is CN1C(=O)[C@@H]2CC(=O)O[C@]2(C)[C@@]1(C)[C@H](O)[C@@H]1C=CCCC1. The summed E-state index contributed by atoms with van der Waals surface area (Å²) in [6.45, 7) is 3.64. The van der Waals surface area contributed by atoms with Crippen LogP contribution < -0.4 is 0 Å². The third kappa shape index (κ3) is 1.73. The largest absolute Gasteiger partial charge is 0.456 e. The number of esters is 1. The van der Waals surface area contributed by atoms with Gasteiger partial charge in [-0.2, -0.15) is 0 Å². The number of allylic oxidation sites excluding steroid dienone is 1. The molecular formula is C16H23NO4. The molecule has 2 saturated heterocycles. The average Bonchev–Trinajstić information content (AvgIpc) is 2.86. The molecular weight excluding hydrogens is 270 g/mol. The molecule has 0 aromatic heterocycles. The Morgan fingerprint density at radius 1 is 1.43 bits per heavy atom. The van der Waals surface area contributed by atoms with Gasteiger partial charge >= 0.3 is 5.97 Å². The standard InChI is InChI=1S/C16H23NO4/c1-15(13(19)10-7-5-4-6-8-10)16(2)11(9-12(18)21-16)14(20)17(15)3/h5,7,10-11,13,19H,4,6,8-9H2,1-3H3/t10-,11+,13-,15-,16+/m1/s1. The quantitative estimate of drug-likeness (QED) is 0.615. The number of ether oxygens (including phenoxy) is 1. The molecule has 21 heavy (non-hydrogen) atoms. The second-order valence-corrected chi connectivity index (χ2v) is 6.85. The molecule has 2 aliphatic heterocycles. The number of likely N-dealkylation sites (tertiary alicyclic amines) is 1. The van der Waals surface area contributed by atoms with Gasteiger partial charge in [-0.25, -0.2) is 0 Å². The maximum atomic E-state index is 12.5. The Labute approximate surface area is 124 Å². The van der Waals surface area contributed by atoms with E-state index in [9.17, 15) is 14.7 Å². The van der Waals surface area contributed by atoms with Crippen molar-refractivity contribution in [3.05, 3.63) is 12.2 Å². The summed E-state index contributed by atoms with van der Waals surface area (Å²) in [5.74, 6) is -0.942. The molecule has 116 valence electrons. The van der Waals surface area contributed by atoms with Crippen molar-refractivity contribution < 1.29 is 19.4 Å². The van der Waals surface area contributed by atoms with E-state index < -0.39 is 23.2 Å². The van der Waals surface area contributed by atoms with Crippen molar-refractivity contribution in [2.75, 3.05) is 7.05 Å². The molecule has 0 saturated carbocycles. The molecule has 0 radical (unpaired) electrons. The molecule has 5 heteroatoms. The van der Waals surface area contributed by atoms with Gasteiger partial charge in [0.25, 0.3) is 0 Å². The molecule has 3 aliphatic rings. The number of carbonyl (C=O) groups is 2. The van der Waals surface area contributed by atoms with Crippen LogP contribution >= 0.6 is 0 Å². The number of rotatable bonds is 2. The van der Waals surface area contributed by atoms with E-state index in [1.807, 2.05) is 13.0 Å². The van der Waals surface area contributed by atoms with E-state index in [1.165, 1.54) is 0 Å². The number of hydrogen-bond donors (Lipinski definition) is 1. The van der Waals surface area contributed by atoms with Crippen LogP contribution in [0.4, 0.5) is 0 Å². The maximum absolute atomic E-state index is 12.5. The number of hydrogen-bond acceptors (Lipinski definition) is 4. The molecule has 0 spiro atoms. The first-order valence-corrected chi connectivity index (χ1v) is 7.66. The fourth-order valence-corrected chi connectivity index (χ4v) is 4.30. The van der Waals surface area contributed by atoms with E-state index in [2.05, 4.69) is 6.08 Å². The molecule has 0 unspecified atom stereocenters. The normalized spacial score (nSPS) is 43.9. The number of fused-ring (bicyclic) bond motifs is 1. The Morgan fingerprint density at radius 3 is 2.76 bits per heavy atom. The van der Waals surface area contributed by atoms with E-state index in [1.54, 1.807) is 18.9 Å². The van der Waals surface area contributed by atoms with Gasteiger partial charge in [-0.15, -0.1) is 0 Å². The van der Waals surface area contributed by atoms with Gasteiger partial charge < -0.3 is 14.7 Å². The smallest absolute Gasteiger partial charge is 0.307 e. The maximum Gasteiger partial charge on any atom is 0.307 e. The van der Waals surface area contributed by atoms with Crippen LogP contribution in [0.15, 0.2) is 12.2 Å². The predicted molar refractivity (Wildman–Crippen MR) is 76.3 cm³/mol. The molecule has 1 amide bonds. The minimum Gasteiger partial charge on any atom is -0.456 e. The molecule has 1 aliphatic carbocycles. The van der Waals surface area contributed by atoms with Gasteiger partial charge in [-0.3, -0.25) is 9.59 Å². The Morgan fingerprint density at radius 2 is 2.14 bits per heavy atom. The third-order valence-corrected chi connectivity index (χ3v) is 5.97. The molecule has 5 nitrogen and oxygen atoms in total. The van der Waals surface area contributed by atoms with Gasteiger partial charge in [0.05, 0.1) is 18.4 Å². The van der Waals surface area contributed by atoms with E-state index >= 15 is 0 Å². The fraction of sp³-hybridized carbons (Fsp3) is 0.750. The van der Waals surface area contributed by atoms with Gasteiger partial charge in [0.15, 0.2) is 0 Å². The number of carbonyl (C=O) groups excluding carboxylic acids is 2. The van der Waals surface area contributed by atoms with Gasteiger partial charge in [0, 0.05) is 13.0 Å². The monoisotopic (exact) mass is 293 g/mol. The first-order valence-electron chi connectivity index (χ1n) is 7.66. The van der Waals surface area contributed by atoms with Crippen LogP contribution in [0.2, 0.25) is 0 Å². The number of likely N-dealkylation sites (N-methyl/N-ethyl adjacent to an activating group) is 1. The topological polar surface area (TPSA) is 66.8 Å². The Bertz CT molecular complexity index is 516. The van der Waals surface area contributed by atoms with Crippen molar-refractivity contribution in [2.45, 2.75) is 56.8 Å². The Kier molecular flexibility index (Phi) is 3.17. The average molecular weight is 293 g/mol. The molecule has 2 heterocycles. The van der Waals surface area contributed by atoms with Gasteiger partial charge in [0.2, 0.25) is 5.91 Å². The highest BCUT2D eigenvalue weighted by Gasteiger charge is 2.71. The van der Waals surface area contributed by atoms with E-state index in [-0.39, 0.29) is 24.2 Å². The van der Waals surface area contributed by atoms with Crippen LogP contribution in [0.5, 0.6) is 0 Å². The molecule has 3 rings (SSSR count). The van der Waals surface area contributed by atoms with Crippen LogP contribution in [0, 0.1) is 11.8 Å². The number of aliphatic hydroxyl groups excluding tert-OH is 1. The van der Waals surface area contributed by atoms with Crippen LogP contribution in [0.25, 0.3) is 0 Å². The summed E-state index contributed by atoms with van der Waals surface area (Å²) in [5.41, 5.74) is -1.85. The van der Waals surface area contributed by atoms with E-state index in [4.69, 9.17) is 4.74 Å². The zero-order valence-electron chi connectivity index (χ0n) is 12.8. The summed E-state index contributed by atoms with van der Waals surface area (Å²) >= 11 is 0. The van der Waals surface area contributed by atoms with Crippen molar-refractivity contribution in [2.24, 2.45) is 11.8 Å². The summed E-state index contributed by atoms with van der Waals surface area (Å²) in [6, 6.07) is 0. The highest BCUT2D eigenvalue weighted by Crippen LogP contribution is 2.53. The van der Waals surface area contributed by atoms with Gasteiger partial charge in [-0.05, 0) is 33.1 Å². The first-order chi connectivity index (χ1) is 9.82. The number of amides is 1. The Hall–Kier alpha value is -1.36. The predicted octanol–water partition coefficient (Wildman–Crippen LogP) is 1.26. The van der Waals surface area contributed by atoms with Gasteiger partial charge in [-0.1, -0.05) is 12.2 Å². The number of nitrogens with zero attached hydrogens (tertiary/aromatic N) is 1. The van der Waals surface area contributed by atoms with Crippen molar-refractivity contribution in [1.29, 1.82) is 0 Å². The fourth-order valence-electron chi connectivity index (χ4n) is 4.30. The van der Waals surface area contributed by atoms with Crippen LogP contribution in [-0.2, 0) is 14.3 Å². The lowest BCUT2D eigenvalue weighted by Gasteiger charge is -2.47. The number of aliphatic hydroxyl groups is 1. The van der Waals surface area contributed by atoms with E-state index in [0.717, 1.165) is 19.3 Å². The summed E-state index contributed by atoms with van der Waals surface area (Å²) < 4.78 is 5.56. The van der Waals surface area contributed by atoms with Gasteiger partial charge in [0.1, 0.15) is 11.1 Å². The first kappa shape index (κ1) is 14.6. The van der Waals surface area contributed by atoms with Crippen LogP contribution in [-0.4, -0.2) is 46.2 Å². The highest BCUT2D eigenvalue weighted by molar-refractivity contribution is 5.91. The molecule has 0 bridgehead atoms. The molecule has 1 N–H and O–H groups in total. The van der Waals surface area contributed by atoms with Crippen molar-refractivity contribution in [3.8, 4) is 0 Å². The molecule has 2 fully saturated rings. The summed E-state index contributed by atoms with van der Waals surface area (Å²) in [7, 11) is 1.70. The summed E-state index contributed by atoms with van der Waals surface area (Å²) in [6.07, 6.45) is 6.44. The molecule has 0 aromatic carbocycles. The Balaban J connectivity index is 2.01. The minimum absolute atomic E-state index is 0.00567. The van der Waals surface area contributed by atoms with Crippen LogP contribution in [0.1, 0.15) is 39.5 Å². The third-order valence-electron chi connectivity index (χ3n) is 5.97. The summed E-state index contributed by atoms with van der Waals surface area (Å²) in [5, 5.41) is 11.0. The zero-order chi connectivity index (χ0) is 15.4. The minimum atomic E-state index is -0.958. The van der Waals surface area contributed by atoms with Crippen molar-refractivity contribution >= 4 is 11.9 Å². The van der Waals surface area contributed by atoms with Crippen molar-refractivity contribution in [3.63, 3.8) is 0 Å². The lowest BCUT2D eigenvalue weighted by molar-refractivity contribution is -0.168. The second-order valence-electron chi connectivity index (χ2n) is 6.85.